The summed E-state index contributed by atoms with van der Waals surface area (Å²) < 4.78 is 32.7. The molecule has 0 aliphatic carbocycles. The zero-order chi connectivity index (χ0) is 19.3. The van der Waals surface area contributed by atoms with Crippen molar-refractivity contribution in [3.05, 3.63) is 23.8 Å². The van der Waals surface area contributed by atoms with E-state index in [-0.39, 0.29) is 16.2 Å². The number of nitrogens with one attached hydrogen (secondary N) is 1. The quantitative estimate of drug-likeness (QED) is 0.768. The van der Waals surface area contributed by atoms with Crippen LogP contribution < -0.4 is 10.1 Å². The highest BCUT2D eigenvalue weighted by Gasteiger charge is 2.29. The first-order valence-electron chi connectivity index (χ1n) is 8.49. The maximum absolute atomic E-state index is 13.0. The number of methoxy groups -OCH3 is 1. The van der Waals surface area contributed by atoms with Crippen LogP contribution in [0.15, 0.2) is 23.1 Å². The Kier molecular flexibility index (Phi) is 6.60. The average Bonchev–Trinajstić information content (AvgIpc) is 2.90. The van der Waals surface area contributed by atoms with Crippen LogP contribution in [-0.4, -0.2) is 55.9 Å². The Morgan fingerprint density at radius 1 is 1.19 bits per heavy atom. The number of aliphatic carboxylic acids is 1. The Labute approximate surface area is 153 Å². The van der Waals surface area contributed by atoms with Gasteiger partial charge < -0.3 is 15.2 Å². The Hall–Kier alpha value is -2.13. The number of rotatable bonds is 6. The summed E-state index contributed by atoms with van der Waals surface area (Å²) >= 11 is 0. The first-order chi connectivity index (χ1) is 12.3. The van der Waals surface area contributed by atoms with E-state index in [0.717, 1.165) is 25.7 Å². The lowest BCUT2D eigenvalue weighted by molar-refractivity contribution is -0.138. The van der Waals surface area contributed by atoms with Crippen molar-refractivity contribution in [3.8, 4) is 5.75 Å². The number of carboxylic acid groups (broad SMARTS) is 1. The maximum atomic E-state index is 13.0. The number of carbonyl (C=O) groups excluding carboxylic acids is 1. The monoisotopic (exact) mass is 384 g/mol. The highest BCUT2D eigenvalue weighted by Crippen LogP contribution is 2.29. The van der Waals surface area contributed by atoms with Crippen molar-refractivity contribution < 1.29 is 27.9 Å². The maximum Gasteiger partial charge on any atom is 0.325 e. The molecule has 26 heavy (non-hydrogen) atoms. The van der Waals surface area contributed by atoms with E-state index in [1.54, 1.807) is 0 Å². The Bertz CT molecular complexity index is 769. The van der Waals surface area contributed by atoms with Crippen LogP contribution in [0, 0.1) is 0 Å². The molecule has 144 valence electrons. The molecular formula is C17H24N2O6S. The lowest BCUT2D eigenvalue weighted by Crippen LogP contribution is -2.38. The number of carboxylic acids is 1. The third-order valence-corrected chi connectivity index (χ3v) is 6.25. The van der Waals surface area contributed by atoms with Gasteiger partial charge in [0.05, 0.1) is 7.11 Å². The molecule has 1 saturated heterocycles. The second-order valence-corrected chi connectivity index (χ2v) is 8.12. The second kappa shape index (κ2) is 8.50. The fourth-order valence-corrected chi connectivity index (χ4v) is 4.48. The van der Waals surface area contributed by atoms with Crippen LogP contribution in [0.2, 0.25) is 0 Å². The van der Waals surface area contributed by atoms with Gasteiger partial charge in [0.1, 0.15) is 16.7 Å². The van der Waals surface area contributed by atoms with E-state index >= 15 is 0 Å². The summed E-state index contributed by atoms with van der Waals surface area (Å²) in [5, 5.41) is 11.2. The summed E-state index contributed by atoms with van der Waals surface area (Å²) in [6.45, 7) is 2.19. The van der Waals surface area contributed by atoms with Gasteiger partial charge in [0.2, 0.25) is 10.0 Å². The lowest BCUT2D eigenvalue weighted by atomic mass is 10.2. The first kappa shape index (κ1) is 20.2. The molecule has 9 heteroatoms. The average molecular weight is 384 g/mol. The van der Waals surface area contributed by atoms with Crippen molar-refractivity contribution in [1.29, 1.82) is 0 Å². The predicted octanol–water partition coefficient (Wildman–Crippen LogP) is 1.46. The SMILES string of the molecule is COc1ccc(C(=O)N[C@@H](C)C(=O)O)cc1S(=O)(=O)N1CCCCCC1. The molecular weight excluding hydrogens is 360 g/mol. The third-order valence-electron chi connectivity index (χ3n) is 4.33. The fraction of sp³-hybridized carbons (Fsp3) is 0.529. The predicted molar refractivity (Wildman–Crippen MR) is 94.8 cm³/mol. The van der Waals surface area contributed by atoms with Gasteiger partial charge in [0.15, 0.2) is 0 Å². The van der Waals surface area contributed by atoms with Crippen molar-refractivity contribution in [1.82, 2.24) is 9.62 Å². The number of hydrogen-bond donors (Lipinski definition) is 2. The summed E-state index contributed by atoms with van der Waals surface area (Å²) in [5.74, 6) is -1.68. The minimum atomic E-state index is -3.82. The third kappa shape index (κ3) is 4.53. The van der Waals surface area contributed by atoms with Crippen molar-refractivity contribution >= 4 is 21.9 Å². The van der Waals surface area contributed by atoms with Crippen LogP contribution in [0.5, 0.6) is 5.75 Å². The molecule has 2 N–H and O–H groups in total. The van der Waals surface area contributed by atoms with E-state index in [9.17, 15) is 18.0 Å². The van der Waals surface area contributed by atoms with Crippen molar-refractivity contribution in [2.75, 3.05) is 20.2 Å². The van der Waals surface area contributed by atoms with Gasteiger partial charge in [-0.1, -0.05) is 12.8 Å². The van der Waals surface area contributed by atoms with Crippen LogP contribution in [0.1, 0.15) is 43.0 Å². The van der Waals surface area contributed by atoms with E-state index in [1.165, 1.54) is 36.5 Å². The Balaban J connectivity index is 2.37. The Morgan fingerprint density at radius 3 is 2.35 bits per heavy atom. The highest BCUT2D eigenvalue weighted by atomic mass is 32.2. The van der Waals surface area contributed by atoms with Crippen molar-refractivity contribution in [2.45, 2.75) is 43.5 Å². The van der Waals surface area contributed by atoms with Gasteiger partial charge in [-0.2, -0.15) is 4.31 Å². The molecule has 0 radical (unpaired) electrons. The molecule has 0 saturated carbocycles. The van der Waals surface area contributed by atoms with Crippen molar-refractivity contribution in [2.24, 2.45) is 0 Å². The molecule has 1 atom stereocenters. The molecule has 1 aromatic rings. The van der Waals surface area contributed by atoms with Gasteiger partial charge >= 0.3 is 5.97 Å². The molecule has 1 heterocycles. The number of carbonyl (C=O) groups is 2. The lowest BCUT2D eigenvalue weighted by Gasteiger charge is -2.21. The standard InChI is InChI=1S/C17H24N2O6S/c1-12(17(21)22)18-16(20)13-7-8-14(25-2)15(11-13)26(23,24)19-9-5-3-4-6-10-19/h7-8,11-12H,3-6,9-10H2,1-2H3,(H,18,20)(H,21,22)/t12-/m0/s1. The van der Waals surface area contributed by atoms with E-state index in [1.807, 2.05) is 0 Å². The molecule has 0 aromatic heterocycles. The van der Waals surface area contributed by atoms with Gasteiger partial charge in [0, 0.05) is 18.7 Å². The van der Waals surface area contributed by atoms with Crippen LogP contribution in [-0.2, 0) is 14.8 Å². The van der Waals surface area contributed by atoms with E-state index in [0.29, 0.717) is 13.1 Å². The summed E-state index contributed by atoms with van der Waals surface area (Å²) in [4.78, 5) is 23.1. The van der Waals surface area contributed by atoms with Gasteiger partial charge in [0.25, 0.3) is 5.91 Å². The van der Waals surface area contributed by atoms with E-state index in [2.05, 4.69) is 5.32 Å². The van der Waals surface area contributed by atoms with Crippen LogP contribution in [0.25, 0.3) is 0 Å². The second-order valence-electron chi connectivity index (χ2n) is 6.22. The molecule has 8 nitrogen and oxygen atoms in total. The molecule has 1 aliphatic heterocycles. The number of sulfonamides is 1. The summed E-state index contributed by atoms with van der Waals surface area (Å²) in [6.07, 6.45) is 3.55. The number of ether oxygens (including phenoxy) is 1. The topological polar surface area (TPSA) is 113 Å². The van der Waals surface area contributed by atoms with Gasteiger partial charge in [-0.3, -0.25) is 9.59 Å². The fourth-order valence-electron chi connectivity index (χ4n) is 2.78. The molecule has 1 amide bonds. The number of benzene rings is 1. The molecule has 1 aromatic carbocycles. The normalized spacial score (nSPS) is 17.2. The zero-order valence-corrected chi connectivity index (χ0v) is 15.7. The number of amides is 1. The molecule has 0 spiro atoms. The van der Waals surface area contributed by atoms with Gasteiger partial charge in [-0.25, -0.2) is 8.42 Å². The molecule has 0 unspecified atom stereocenters. The number of nitrogens with zero attached hydrogens (tertiary/aromatic N) is 1. The smallest absolute Gasteiger partial charge is 0.325 e. The van der Waals surface area contributed by atoms with Gasteiger partial charge in [-0.05, 0) is 38.0 Å². The summed E-state index contributed by atoms with van der Waals surface area (Å²) in [7, 11) is -2.45. The molecule has 0 bridgehead atoms. The summed E-state index contributed by atoms with van der Waals surface area (Å²) in [5.41, 5.74) is 0.0623. The van der Waals surface area contributed by atoms with E-state index < -0.39 is 27.9 Å². The zero-order valence-electron chi connectivity index (χ0n) is 14.9. The minimum absolute atomic E-state index is 0.0623. The largest absolute Gasteiger partial charge is 0.495 e. The highest BCUT2D eigenvalue weighted by molar-refractivity contribution is 7.89. The van der Waals surface area contributed by atoms with Crippen LogP contribution in [0.4, 0.5) is 0 Å². The minimum Gasteiger partial charge on any atom is -0.495 e. The van der Waals surface area contributed by atoms with E-state index in [4.69, 9.17) is 9.84 Å². The molecule has 1 fully saturated rings. The van der Waals surface area contributed by atoms with Crippen LogP contribution >= 0.6 is 0 Å². The van der Waals surface area contributed by atoms with Crippen LogP contribution in [0.3, 0.4) is 0 Å². The Morgan fingerprint density at radius 2 is 1.81 bits per heavy atom. The number of hydrogen-bond acceptors (Lipinski definition) is 5. The first-order valence-corrected chi connectivity index (χ1v) is 9.93. The van der Waals surface area contributed by atoms with Crippen molar-refractivity contribution in [3.63, 3.8) is 0 Å². The molecule has 1 aliphatic rings. The molecule has 2 rings (SSSR count). The summed E-state index contributed by atoms with van der Waals surface area (Å²) in [6, 6.07) is 2.97. The van der Waals surface area contributed by atoms with Gasteiger partial charge in [-0.15, -0.1) is 0 Å².